The summed E-state index contributed by atoms with van der Waals surface area (Å²) < 4.78 is 12.6. The lowest BCUT2D eigenvalue weighted by Crippen LogP contribution is -2.57. The molecule has 0 aromatic carbocycles. The van der Waals surface area contributed by atoms with Crippen molar-refractivity contribution in [1.82, 2.24) is 9.80 Å². The average molecular weight is 529 g/mol. The predicted molar refractivity (Wildman–Crippen MR) is 142 cm³/mol. The number of carbonyl (C=O) groups excluding carboxylic acids is 3. The number of nitrogens with zero attached hydrogens (tertiary/aromatic N) is 2. The number of hydrogen-bond acceptors (Lipinski definition) is 6. The molecule has 1 spiro atoms. The second-order valence-electron chi connectivity index (χ2n) is 11.9. The molecule has 1 unspecified atom stereocenters. The van der Waals surface area contributed by atoms with Gasteiger partial charge in [0.1, 0.15) is 17.6 Å². The van der Waals surface area contributed by atoms with Crippen molar-refractivity contribution in [2.45, 2.75) is 107 Å². The number of cyclic esters (lactones) is 1. The van der Waals surface area contributed by atoms with Crippen molar-refractivity contribution >= 4 is 17.8 Å². The van der Waals surface area contributed by atoms with E-state index in [1.807, 2.05) is 30.1 Å². The first-order chi connectivity index (χ1) is 18.4. The molecule has 3 fully saturated rings. The SMILES string of the molecule is C[C@]12/C=C\CCCCOC(=O)[C@H]1[C@H]1C(=O)N(CCCCCCO)C3C(=O)N(C4CCCCC4)CC=C[C@@]31O2. The molecule has 8 heteroatoms. The summed E-state index contributed by atoms with van der Waals surface area (Å²) >= 11 is 0. The number of aliphatic hydroxyl groups is 1. The summed E-state index contributed by atoms with van der Waals surface area (Å²) in [6.07, 6.45) is 19.0. The quantitative estimate of drug-likeness (QED) is 0.309. The van der Waals surface area contributed by atoms with Gasteiger partial charge in [-0.2, -0.15) is 0 Å². The van der Waals surface area contributed by atoms with E-state index in [1.165, 1.54) is 6.42 Å². The van der Waals surface area contributed by atoms with E-state index in [-0.39, 0.29) is 24.5 Å². The molecule has 1 aliphatic carbocycles. The van der Waals surface area contributed by atoms with Crippen molar-refractivity contribution in [2.75, 3.05) is 26.3 Å². The van der Waals surface area contributed by atoms with Crippen LogP contribution >= 0.6 is 0 Å². The van der Waals surface area contributed by atoms with Gasteiger partial charge in [0.05, 0.1) is 18.1 Å². The summed E-state index contributed by atoms with van der Waals surface area (Å²) in [6, 6.07) is -0.631. The second-order valence-corrected chi connectivity index (χ2v) is 11.9. The molecule has 4 heterocycles. The summed E-state index contributed by atoms with van der Waals surface area (Å²) in [5, 5.41) is 9.15. The fourth-order valence-electron chi connectivity index (χ4n) is 7.52. The lowest BCUT2D eigenvalue weighted by atomic mass is 9.74. The minimum Gasteiger partial charge on any atom is -0.465 e. The summed E-state index contributed by atoms with van der Waals surface area (Å²) in [5.74, 6) is -2.27. The summed E-state index contributed by atoms with van der Waals surface area (Å²) in [7, 11) is 0. The molecule has 0 aromatic heterocycles. The van der Waals surface area contributed by atoms with Gasteiger partial charge in [-0.25, -0.2) is 0 Å². The van der Waals surface area contributed by atoms with Crippen LogP contribution in [0.25, 0.3) is 0 Å². The van der Waals surface area contributed by atoms with Gasteiger partial charge < -0.3 is 24.4 Å². The molecule has 0 radical (unpaired) electrons. The number of fused-ring (bicyclic) bond motifs is 2. The normalized spacial score (nSPS) is 36.9. The van der Waals surface area contributed by atoms with E-state index in [1.54, 1.807) is 4.90 Å². The van der Waals surface area contributed by atoms with Gasteiger partial charge in [-0.3, -0.25) is 14.4 Å². The van der Waals surface area contributed by atoms with Gasteiger partial charge in [0.25, 0.3) is 0 Å². The average Bonchev–Trinajstić information content (AvgIpc) is 3.23. The Bertz CT molecular complexity index is 958. The smallest absolute Gasteiger partial charge is 0.313 e. The summed E-state index contributed by atoms with van der Waals surface area (Å²) in [6.45, 7) is 3.28. The highest BCUT2D eigenvalue weighted by Gasteiger charge is 2.74. The van der Waals surface area contributed by atoms with Crippen LogP contribution in [0.4, 0.5) is 0 Å². The number of likely N-dealkylation sites (tertiary alicyclic amines) is 1. The van der Waals surface area contributed by atoms with Crippen LogP contribution in [0.15, 0.2) is 24.3 Å². The van der Waals surface area contributed by atoms with Crippen molar-refractivity contribution < 1.29 is 29.0 Å². The lowest BCUT2D eigenvalue weighted by Gasteiger charge is -2.40. The predicted octanol–water partition coefficient (Wildman–Crippen LogP) is 3.52. The van der Waals surface area contributed by atoms with E-state index in [9.17, 15) is 14.4 Å². The maximum Gasteiger partial charge on any atom is 0.313 e. The highest BCUT2D eigenvalue weighted by atomic mass is 16.6. The zero-order valence-corrected chi connectivity index (χ0v) is 22.8. The molecule has 5 rings (SSSR count). The minimum atomic E-state index is -1.21. The van der Waals surface area contributed by atoms with Crippen LogP contribution in [-0.2, 0) is 23.9 Å². The number of aliphatic hydroxyl groups excluding tert-OH is 1. The van der Waals surface area contributed by atoms with Crippen LogP contribution in [0, 0.1) is 11.8 Å². The summed E-state index contributed by atoms with van der Waals surface area (Å²) in [5.41, 5.74) is -2.25. The number of rotatable bonds is 7. The Labute approximate surface area is 226 Å². The van der Waals surface area contributed by atoms with Crippen molar-refractivity contribution in [2.24, 2.45) is 11.8 Å². The van der Waals surface area contributed by atoms with E-state index in [2.05, 4.69) is 6.08 Å². The molecule has 2 amide bonds. The molecular formula is C30H44N2O6. The van der Waals surface area contributed by atoms with Gasteiger partial charge in [-0.15, -0.1) is 0 Å². The third-order valence-electron chi connectivity index (χ3n) is 9.35. The van der Waals surface area contributed by atoms with Gasteiger partial charge in [0.15, 0.2) is 0 Å². The Morgan fingerprint density at radius 2 is 1.71 bits per heavy atom. The fourth-order valence-corrected chi connectivity index (χ4v) is 7.52. The minimum absolute atomic E-state index is 0.0576. The van der Waals surface area contributed by atoms with E-state index < -0.39 is 35.0 Å². The monoisotopic (exact) mass is 528 g/mol. The van der Waals surface area contributed by atoms with Crippen LogP contribution in [-0.4, -0.2) is 82.3 Å². The van der Waals surface area contributed by atoms with E-state index in [0.717, 1.165) is 70.6 Å². The highest BCUT2D eigenvalue weighted by Crippen LogP contribution is 2.57. The van der Waals surface area contributed by atoms with Crippen LogP contribution in [0.2, 0.25) is 0 Å². The zero-order chi connectivity index (χ0) is 26.8. The number of amides is 2. The summed E-state index contributed by atoms with van der Waals surface area (Å²) in [4.78, 5) is 45.9. The molecule has 4 aliphatic heterocycles. The molecule has 5 aliphatic rings. The van der Waals surface area contributed by atoms with Crippen molar-refractivity contribution in [3.63, 3.8) is 0 Å². The van der Waals surface area contributed by atoms with Crippen molar-refractivity contribution in [3.8, 4) is 0 Å². The van der Waals surface area contributed by atoms with E-state index >= 15 is 0 Å². The van der Waals surface area contributed by atoms with Crippen LogP contribution < -0.4 is 0 Å². The number of ether oxygens (including phenoxy) is 2. The first-order valence-electron chi connectivity index (χ1n) is 14.9. The van der Waals surface area contributed by atoms with Crippen LogP contribution in [0.5, 0.6) is 0 Å². The number of esters is 1. The molecular weight excluding hydrogens is 484 g/mol. The second kappa shape index (κ2) is 11.5. The molecule has 210 valence electrons. The Kier molecular flexibility index (Phi) is 8.29. The van der Waals surface area contributed by atoms with E-state index in [4.69, 9.17) is 14.6 Å². The zero-order valence-electron chi connectivity index (χ0n) is 22.8. The maximum absolute atomic E-state index is 14.4. The molecule has 1 saturated carbocycles. The molecule has 0 aromatic rings. The molecule has 1 N–H and O–H groups in total. The Morgan fingerprint density at radius 1 is 0.921 bits per heavy atom. The van der Waals surface area contributed by atoms with Gasteiger partial charge >= 0.3 is 5.97 Å². The van der Waals surface area contributed by atoms with E-state index in [0.29, 0.717) is 19.7 Å². The number of allylic oxidation sites excluding steroid dienone is 1. The van der Waals surface area contributed by atoms with Gasteiger partial charge in [-0.1, -0.05) is 56.4 Å². The topological polar surface area (TPSA) is 96.4 Å². The standard InChI is InChI=1S/C30H44N2O6/c1-29-16-9-2-5-12-21-37-28(36)24(29)23-26(34)32(18-10-3-4-11-20-33)25-27(35)31(22-14-7-6-8-15-22)19-13-17-30(23,25)38-29/h9,13,16-17,22-25,33H,2-8,10-12,14-15,18-21H2,1H3/b16-9-/t23-,24+,25?,29-,30-/m0/s1. The maximum atomic E-state index is 14.4. The third kappa shape index (κ3) is 4.83. The van der Waals surface area contributed by atoms with Crippen molar-refractivity contribution in [3.05, 3.63) is 24.3 Å². The largest absolute Gasteiger partial charge is 0.465 e. The molecule has 0 bridgehead atoms. The van der Waals surface area contributed by atoms with Gasteiger partial charge in [0, 0.05) is 25.7 Å². The first-order valence-corrected chi connectivity index (χ1v) is 14.9. The fraction of sp³-hybridized carbons (Fsp3) is 0.767. The Hall–Kier alpha value is -2.19. The molecule has 5 atom stereocenters. The van der Waals surface area contributed by atoms with Crippen molar-refractivity contribution in [1.29, 1.82) is 0 Å². The molecule has 8 nitrogen and oxygen atoms in total. The van der Waals surface area contributed by atoms with Gasteiger partial charge in [-0.05, 0) is 51.9 Å². The number of hydrogen-bond donors (Lipinski definition) is 1. The Balaban J connectivity index is 1.53. The lowest BCUT2D eigenvalue weighted by molar-refractivity contribution is -0.160. The molecule has 38 heavy (non-hydrogen) atoms. The third-order valence-corrected chi connectivity index (χ3v) is 9.35. The first kappa shape index (κ1) is 27.4. The Morgan fingerprint density at radius 3 is 2.50 bits per heavy atom. The van der Waals surface area contributed by atoms with Crippen LogP contribution in [0.3, 0.4) is 0 Å². The van der Waals surface area contributed by atoms with Gasteiger partial charge in [0.2, 0.25) is 11.8 Å². The number of unbranched alkanes of at least 4 members (excludes halogenated alkanes) is 3. The number of carbonyl (C=O) groups is 3. The molecule has 2 saturated heterocycles. The van der Waals surface area contributed by atoms with Crippen LogP contribution in [0.1, 0.15) is 84.0 Å². The highest BCUT2D eigenvalue weighted by molar-refractivity contribution is 5.99.